The SMILES string of the molecule is CC(CN1CCCC2CCCC21)C(O)c1ccccc1F. The maximum Gasteiger partial charge on any atom is 0.129 e. The summed E-state index contributed by atoms with van der Waals surface area (Å²) >= 11 is 0. The van der Waals surface area contributed by atoms with Crippen molar-refractivity contribution in [1.82, 2.24) is 4.90 Å². The molecule has 0 spiro atoms. The van der Waals surface area contributed by atoms with Gasteiger partial charge in [0.1, 0.15) is 5.82 Å². The van der Waals surface area contributed by atoms with Crippen molar-refractivity contribution >= 4 is 0 Å². The molecule has 1 N–H and O–H groups in total. The second-order valence-electron chi connectivity index (χ2n) is 6.84. The van der Waals surface area contributed by atoms with Crippen molar-refractivity contribution in [3.05, 3.63) is 35.6 Å². The molecule has 1 saturated carbocycles. The lowest BCUT2D eigenvalue weighted by Gasteiger charge is -2.40. The van der Waals surface area contributed by atoms with Crippen LogP contribution in [0.4, 0.5) is 4.39 Å². The van der Waals surface area contributed by atoms with Crippen LogP contribution in [0.15, 0.2) is 24.3 Å². The van der Waals surface area contributed by atoms with Gasteiger partial charge in [-0.05, 0) is 50.1 Å². The largest absolute Gasteiger partial charge is 0.388 e. The summed E-state index contributed by atoms with van der Waals surface area (Å²) in [4.78, 5) is 2.55. The molecule has 21 heavy (non-hydrogen) atoms. The molecule has 1 heterocycles. The molecule has 3 heteroatoms. The average molecular weight is 291 g/mol. The Morgan fingerprint density at radius 3 is 2.81 bits per heavy atom. The standard InChI is InChI=1S/C18H26FNO/c1-13(18(21)15-8-2-3-9-16(15)19)12-20-11-5-7-14-6-4-10-17(14)20/h2-3,8-9,13-14,17-18,21H,4-7,10-12H2,1H3. The van der Waals surface area contributed by atoms with Crippen molar-refractivity contribution in [3.63, 3.8) is 0 Å². The molecular weight excluding hydrogens is 265 g/mol. The molecule has 0 aromatic heterocycles. The minimum absolute atomic E-state index is 0.0567. The van der Waals surface area contributed by atoms with E-state index in [4.69, 9.17) is 0 Å². The summed E-state index contributed by atoms with van der Waals surface area (Å²) in [6.07, 6.45) is 5.93. The summed E-state index contributed by atoms with van der Waals surface area (Å²) < 4.78 is 13.8. The summed E-state index contributed by atoms with van der Waals surface area (Å²) in [7, 11) is 0. The smallest absolute Gasteiger partial charge is 0.129 e. The fourth-order valence-corrected chi connectivity index (χ4v) is 4.28. The Bertz CT molecular complexity index is 478. The van der Waals surface area contributed by atoms with Gasteiger partial charge in [-0.15, -0.1) is 0 Å². The number of halogens is 1. The highest BCUT2D eigenvalue weighted by atomic mass is 19.1. The molecule has 3 rings (SSSR count). The number of hydrogen-bond acceptors (Lipinski definition) is 2. The molecule has 1 aromatic rings. The van der Waals surface area contributed by atoms with E-state index >= 15 is 0 Å². The molecule has 4 unspecified atom stereocenters. The molecular formula is C18H26FNO. The van der Waals surface area contributed by atoms with Crippen LogP contribution >= 0.6 is 0 Å². The molecule has 1 aromatic carbocycles. The van der Waals surface area contributed by atoms with Crippen LogP contribution in [0.1, 0.15) is 50.7 Å². The Hall–Kier alpha value is -0.930. The quantitative estimate of drug-likeness (QED) is 0.913. The van der Waals surface area contributed by atoms with E-state index in [1.165, 1.54) is 38.2 Å². The first-order chi connectivity index (χ1) is 10.2. The van der Waals surface area contributed by atoms with Gasteiger partial charge in [0, 0.05) is 18.2 Å². The number of hydrogen-bond donors (Lipinski definition) is 1. The first-order valence-electron chi connectivity index (χ1n) is 8.33. The highest BCUT2D eigenvalue weighted by Gasteiger charge is 2.36. The fraction of sp³-hybridized carbons (Fsp3) is 0.667. The summed E-state index contributed by atoms with van der Waals surface area (Å²) in [5.41, 5.74) is 0.435. The van der Waals surface area contributed by atoms with Crippen molar-refractivity contribution in [1.29, 1.82) is 0 Å². The van der Waals surface area contributed by atoms with Gasteiger partial charge in [-0.2, -0.15) is 0 Å². The minimum Gasteiger partial charge on any atom is -0.388 e. The van der Waals surface area contributed by atoms with Crippen LogP contribution in [0, 0.1) is 17.7 Å². The molecule has 0 radical (unpaired) electrons. The molecule has 0 amide bonds. The van der Waals surface area contributed by atoms with E-state index in [9.17, 15) is 9.50 Å². The summed E-state index contributed by atoms with van der Waals surface area (Å²) in [5.74, 6) is 0.618. The second kappa shape index (κ2) is 6.45. The van der Waals surface area contributed by atoms with Crippen LogP contribution in [0.25, 0.3) is 0 Å². The molecule has 2 nitrogen and oxygen atoms in total. The van der Waals surface area contributed by atoms with Crippen LogP contribution in [0.2, 0.25) is 0 Å². The Morgan fingerprint density at radius 1 is 1.24 bits per heavy atom. The third-order valence-electron chi connectivity index (χ3n) is 5.39. The first kappa shape index (κ1) is 15.0. The van der Waals surface area contributed by atoms with Gasteiger partial charge in [0.25, 0.3) is 0 Å². The Labute approximate surface area is 127 Å². The Balaban J connectivity index is 1.65. The van der Waals surface area contributed by atoms with Crippen molar-refractivity contribution in [2.24, 2.45) is 11.8 Å². The average Bonchev–Trinajstić information content (AvgIpc) is 2.96. The number of benzene rings is 1. The zero-order valence-corrected chi connectivity index (χ0v) is 12.8. The van der Waals surface area contributed by atoms with Crippen molar-refractivity contribution < 1.29 is 9.50 Å². The van der Waals surface area contributed by atoms with E-state index in [2.05, 4.69) is 4.90 Å². The zero-order valence-electron chi connectivity index (χ0n) is 12.8. The monoisotopic (exact) mass is 291 g/mol. The van der Waals surface area contributed by atoms with E-state index in [1.54, 1.807) is 18.2 Å². The predicted molar refractivity (Wildman–Crippen MR) is 82.5 cm³/mol. The maximum atomic E-state index is 13.8. The van der Waals surface area contributed by atoms with Crippen LogP contribution < -0.4 is 0 Å². The number of aliphatic hydroxyl groups excluding tert-OH is 1. The van der Waals surface area contributed by atoms with Gasteiger partial charge in [-0.3, -0.25) is 4.90 Å². The first-order valence-corrected chi connectivity index (χ1v) is 8.33. The van der Waals surface area contributed by atoms with Crippen LogP contribution in [0.3, 0.4) is 0 Å². The van der Waals surface area contributed by atoms with Gasteiger partial charge < -0.3 is 5.11 Å². The topological polar surface area (TPSA) is 23.5 Å². The lowest BCUT2D eigenvalue weighted by atomic mass is 9.89. The van der Waals surface area contributed by atoms with E-state index in [-0.39, 0.29) is 11.7 Å². The van der Waals surface area contributed by atoms with Gasteiger partial charge in [-0.25, -0.2) is 4.39 Å². The summed E-state index contributed by atoms with van der Waals surface area (Å²) in [6, 6.07) is 7.30. The Morgan fingerprint density at radius 2 is 2.00 bits per heavy atom. The number of nitrogens with zero attached hydrogens (tertiary/aromatic N) is 1. The van der Waals surface area contributed by atoms with Gasteiger partial charge in [0.05, 0.1) is 6.10 Å². The molecule has 4 atom stereocenters. The molecule has 1 aliphatic heterocycles. The normalized spacial score (nSPS) is 29.1. The molecule has 1 saturated heterocycles. The molecule has 116 valence electrons. The third kappa shape index (κ3) is 3.14. The van der Waals surface area contributed by atoms with E-state index in [1.807, 2.05) is 6.92 Å². The van der Waals surface area contributed by atoms with Crippen LogP contribution in [-0.2, 0) is 0 Å². The highest BCUT2D eigenvalue weighted by Crippen LogP contribution is 2.37. The number of likely N-dealkylation sites (tertiary alicyclic amines) is 1. The fourth-order valence-electron chi connectivity index (χ4n) is 4.28. The minimum atomic E-state index is -0.715. The summed E-state index contributed by atoms with van der Waals surface area (Å²) in [5, 5.41) is 10.5. The number of rotatable bonds is 4. The number of fused-ring (bicyclic) bond motifs is 1. The van der Waals surface area contributed by atoms with Gasteiger partial charge >= 0.3 is 0 Å². The lowest BCUT2D eigenvalue weighted by molar-refractivity contribution is 0.0459. The van der Waals surface area contributed by atoms with Crippen molar-refractivity contribution in [2.75, 3.05) is 13.1 Å². The van der Waals surface area contributed by atoms with Gasteiger partial charge in [-0.1, -0.05) is 31.5 Å². The molecule has 0 bridgehead atoms. The zero-order chi connectivity index (χ0) is 14.8. The molecule has 2 aliphatic rings. The number of aliphatic hydroxyl groups is 1. The van der Waals surface area contributed by atoms with E-state index in [0.717, 1.165) is 19.0 Å². The van der Waals surface area contributed by atoms with Crippen LogP contribution in [0.5, 0.6) is 0 Å². The maximum absolute atomic E-state index is 13.8. The summed E-state index contributed by atoms with van der Waals surface area (Å²) in [6.45, 7) is 4.04. The van der Waals surface area contributed by atoms with E-state index in [0.29, 0.717) is 11.6 Å². The lowest BCUT2D eigenvalue weighted by Crippen LogP contribution is -2.45. The molecule has 2 fully saturated rings. The van der Waals surface area contributed by atoms with Crippen molar-refractivity contribution in [3.8, 4) is 0 Å². The highest BCUT2D eigenvalue weighted by molar-refractivity contribution is 5.20. The predicted octanol–water partition coefficient (Wildman–Crippen LogP) is 3.76. The van der Waals surface area contributed by atoms with Crippen molar-refractivity contribution in [2.45, 2.75) is 51.2 Å². The third-order valence-corrected chi connectivity index (χ3v) is 5.39. The van der Waals surface area contributed by atoms with Crippen LogP contribution in [-0.4, -0.2) is 29.1 Å². The van der Waals surface area contributed by atoms with E-state index < -0.39 is 6.10 Å². The Kier molecular flexibility index (Phi) is 4.60. The second-order valence-corrected chi connectivity index (χ2v) is 6.84. The molecule has 1 aliphatic carbocycles. The van der Waals surface area contributed by atoms with Gasteiger partial charge in [0.15, 0.2) is 0 Å². The van der Waals surface area contributed by atoms with Gasteiger partial charge in [0.2, 0.25) is 0 Å². The number of piperidine rings is 1.